The largest absolute Gasteiger partial charge is 0.461 e. The summed E-state index contributed by atoms with van der Waals surface area (Å²) in [7, 11) is 1.60. The van der Waals surface area contributed by atoms with Gasteiger partial charge in [0.2, 0.25) is 0 Å². The summed E-state index contributed by atoms with van der Waals surface area (Å²) in [5.41, 5.74) is 6.10. The first-order chi connectivity index (χ1) is 7.19. The predicted molar refractivity (Wildman–Crippen MR) is 54.5 cm³/mol. The van der Waals surface area contributed by atoms with E-state index in [9.17, 15) is 4.79 Å². The number of nitrogen functional groups attached to an aromatic ring is 1. The summed E-state index contributed by atoms with van der Waals surface area (Å²) in [5, 5.41) is 4.00. The Hall–Kier alpha value is -1.56. The summed E-state index contributed by atoms with van der Waals surface area (Å²) in [5.74, 6) is -0.494. The number of nitrogens with two attached hydrogens (primary N) is 1. The van der Waals surface area contributed by atoms with E-state index in [4.69, 9.17) is 15.2 Å². The van der Waals surface area contributed by atoms with E-state index < -0.39 is 5.97 Å². The summed E-state index contributed by atoms with van der Waals surface area (Å²) in [6, 6.07) is 0. The lowest BCUT2D eigenvalue weighted by atomic mass is 10.4. The number of carbonyl (C=O) groups excluding carboxylic acids is 1. The highest BCUT2D eigenvalue weighted by molar-refractivity contribution is 5.92. The zero-order chi connectivity index (χ0) is 11.3. The van der Waals surface area contributed by atoms with Crippen LogP contribution < -0.4 is 5.73 Å². The molecular formula is C9H15N3O3. The molecule has 0 atom stereocenters. The van der Waals surface area contributed by atoms with Crippen LogP contribution in [-0.2, 0) is 16.0 Å². The Kier molecular flexibility index (Phi) is 4.11. The van der Waals surface area contributed by atoms with E-state index in [0.717, 1.165) is 0 Å². The van der Waals surface area contributed by atoms with Crippen LogP contribution in [0.5, 0.6) is 0 Å². The fourth-order valence-corrected chi connectivity index (χ4v) is 1.09. The van der Waals surface area contributed by atoms with Crippen molar-refractivity contribution in [3.63, 3.8) is 0 Å². The van der Waals surface area contributed by atoms with E-state index in [1.165, 1.54) is 0 Å². The molecule has 0 saturated heterocycles. The van der Waals surface area contributed by atoms with Gasteiger partial charge in [-0.15, -0.1) is 0 Å². The topological polar surface area (TPSA) is 79.4 Å². The van der Waals surface area contributed by atoms with Crippen molar-refractivity contribution in [2.24, 2.45) is 0 Å². The molecule has 0 aliphatic heterocycles. The van der Waals surface area contributed by atoms with E-state index in [1.807, 2.05) is 0 Å². The molecule has 0 fully saturated rings. The minimum absolute atomic E-state index is 0.160. The lowest BCUT2D eigenvalue weighted by Crippen LogP contribution is -2.10. The maximum absolute atomic E-state index is 11.3. The third-order valence-corrected chi connectivity index (χ3v) is 1.78. The highest BCUT2D eigenvalue weighted by atomic mass is 16.5. The van der Waals surface area contributed by atoms with Crippen LogP contribution in [-0.4, -0.2) is 36.1 Å². The molecule has 1 aromatic rings. The number of esters is 1. The van der Waals surface area contributed by atoms with Crippen LogP contribution in [0.1, 0.15) is 17.4 Å². The van der Waals surface area contributed by atoms with Crippen molar-refractivity contribution < 1.29 is 14.3 Å². The molecule has 0 aliphatic rings. The lowest BCUT2D eigenvalue weighted by Gasteiger charge is -1.99. The van der Waals surface area contributed by atoms with E-state index >= 15 is 0 Å². The highest BCUT2D eigenvalue weighted by Crippen LogP contribution is 2.10. The fourth-order valence-electron chi connectivity index (χ4n) is 1.09. The van der Waals surface area contributed by atoms with Gasteiger partial charge in [0, 0.05) is 13.3 Å². The molecule has 1 heterocycles. The Balaban J connectivity index is 2.72. The maximum atomic E-state index is 11.3. The SMILES string of the molecule is CCOC(=O)c1nn(CCOC)cc1N. The van der Waals surface area contributed by atoms with Gasteiger partial charge in [0.15, 0.2) is 5.69 Å². The van der Waals surface area contributed by atoms with Gasteiger partial charge in [-0.2, -0.15) is 5.10 Å². The van der Waals surface area contributed by atoms with Gasteiger partial charge in [-0.05, 0) is 6.92 Å². The summed E-state index contributed by atoms with van der Waals surface area (Å²) in [6.45, 7) is 3.11. The van der Waals surface area contributed by atoms with Gasteiger partial charge < -0.3 is 15.2 Å². The molecule has 1 rings (SSSR count). The summed E-state index contributed by atoms with van der Waals surface area (Å²) in [6.07, 6.45) is 1.59. The fraction of sp³-hybridized carbons (Fsp3) is 0.556. The number of carbonyl (C=O) groups is 1. The number of anilines is 1. The average Bonchev–Trinajstić information content (AvgIpc) is 2.57. The van der Waals surface area contributed by atoms with Crippen molar-refractivity contribution in [1.82, 2.24) is 9.78 Å². The predicted octanol–water partition coefficient (Wildman–Crippen LogP) is 0.288. The van der Waals surface area contributed by atoms with E-state index in [1.54, 1.807) is 24.9 Å². The molecule has 15 heavy (non-hydrogen) atoms. The third-order valence-electron chi connectivity index (χ3n) is 1.78. The lowest BCUT2D eigenvalue weighted by molar-refractivity contribution is 0.0519. The zero-order valence-corrected chi connectivity index (χ0v) is 8.90. The Labute approximate surface area is 88.0 Å². The van der Waals surface area contributed by atoms with E-state index in [-0.39, 0.29) is 5.69 Å². The van der Waals surface area contributed by atoms with Crippen molar-refractivity contribution in [3.05, 3.63) is 11.9 Å². The molecule has 0 amide bonds. The van der Waals surface area contributed by atoms with Crippen molar-refractivity contribution >= 4 is 11.7 Å². The molecule has 0 bridgehead atoms. The van der Waals surface area contributed by atoms with Crippen LogP contribution in [0.4, 0.5) is 5.69 Å². The van der Waals surface area contributed by atoms with Crippen LogP contribution in [0.15, 0.2) is 6.20 Å². The van der Waals surface area contributed by atoms with Crippen LogP contribution in [0, 0.1) is 0 Å². The monoisotopic (exact) mass is 213 g/mol. The van der Waals surface area contributed by atoms with Gasteiger partial charge in [-0.1, -0.05) is 0 Å². The highest BCUT2D eigenvalue weighted by Gasteiger charge is 2.15. The number of aromatic nitrogens is 2. The van der Waals surface area contributed by atoms with Crippen LogP contribution in [0.25, 0.3) is 0 Å². The number of rotatable bonds is 5. The Morgan fingerprint density at radius 2 is 2.40 bits per heavy atom. The van der Waals surface area contributed by atoms with E-state index in [0.29, 0.717) is 25.4 Å². The first kappa shape index (κ1) is 11.5. The minimum Gasteiger partial charge on any atom is -0.461 e. The molecule has 0 radical (unpaired) electrons. The Morgan fingerprint density at radius 3 is 3.00 bits per heavy atom. The molecule has 6 heteroatoms. The van der Waals surface area contributed by atoms with Gasteiger partial charge in [-0.3, -0.25) is 4.68 Å². The van der Waals surface area contributed by atoms with E-state index in [2.05, 4.69) is 5.10 Å². The summed E-state index contributed by atoms with van der Waals surface area (Å²) < 4.78 is 11.2. The summed E-state index contributed by atoms with van der Waals surface area (Å²) >= 11 is 0. The second-order valence-corrected chi connectivity index (χ2v) is 2.91. The number of nitrogens with zero attached hydrogens (tertiary/aromatic N) is 2. The number of hydrogen-bond acceptors (Lipinski definition) is 5. The molecule has 0 aromatic carbocycles. The molecule has 0 aliphatic carbocycles. The van der Waals surface area contributed by atoms with Crippen molar-refractivity contribution in [2.75, 3.05) is 26.1 Å². The maximum Gasteiger partial charge on any atom is 0.361 e. The smallest absolute Gasteiger partial charge is 0.361 e. The zero-order valence-electron chi connectivity index (χ0n) is 8.90. The Bertz CT molecular complexity index is 335. The molecule has 6 nitrogen and oxygen atoms in total. The standard InChI is InChI=1S/C9H15N3O3/c1-3-15-9(13)8-7(10)6-12(11-8)4-5-14-2/h6H,3-5,10H2,1-2H3. The molecule has 0 saturated carbocycles. The van der Waals surface area contributed by atoms with Crippen molar-refractivity contribution in [3.8, 4) is 0 Å². The molecule has 0 unspecified atom stereocenters. The van der Waals surface area contributed by atoms with Gasteiger partial charge in [0.05, 0.1) is 25.4 Å². The van der Waals surface area contributed by atoms with Crippen molar-refractivity contribution in [2.45, 2.75) is 13.5 Å². The van der Waals surface area contributed by atoms with Crippen molar-refractivity contribution in [1.29, 1.82) is 0 Å². The van der Waals surface area contributed by atoms with Crippen LogP contribution in [0.3, 0.4) is 0 Å². The average molecular weight is 213 g/mol. The first-order valence-electron chi connectivity index (χ1n) is 4.68. The Morgan fingerprint density at radius 1 is 1.67 bits per heavy atom. The van der Waals surface area contributed by atoms with Crippen LogP contribution in [0.2, 0.25) is 0 Å². The van der Waals surface area contributed by atoms with Gasteiger partial charge >= 0.3 is 5.97 Å². The second-order valence-electron chi connectivity index (χ2n) is 2.91. The van der Waals surface area contributed by atoms with Gasteiger partial charge in [-0.25, -0.2) is 4.79 Å². The third kappa shape index (κ3) is 2.95. The van der Waals surface area contributed by atoms with Gasteiger partial charge in [0.1, 0.15) is 0 Å². The number of methoxy groups -OCH3 is 1. The number of ether oxygens (including phenoxy) is 2. The normalized spacial score (nSPS) is 10.3. The number of hydrogen-bond donors (Lipinski definition) is 1. The second kappa shape index (κ2) is 5.35. The molecular weight excluding hydrogens is 198 g/mol. The van der Waals surface area contributed by atoms with Crippen LogP contribution >= 0.6 is 0 Å². The summed E-state index contributed by atoms with van der Waals surface area (Å²) in [4.78, 5) is 11.3. The molecule has 0 spiro atoms. The quantitative estimate of drug-likeness (QED) is 0.711. The molecule has 1 aromatic heterocycles. The minimum atomic E-state index is -0.494. The molecule has 2 N–H and O–H groups in total. The van der Waals surface area contributed by atoms with Gasteiger partial charge in [0.25, 0.3) is 0 Å². The first-order valence-corrected chi connectivity index (χ1v) is 4.68. The molecule has 84 valence electrons.